The molecule has 0 radical (unpaired) electrons. The lowest BCUT2D eigenvalue weighted by Crippen LogP contribution is -2.67. The summed E-state index contributed by atoms with van der Waals surface area (Å²) in [5.41, 5.74) is 6.25. The number of aromatic hydroxyl groups is 1. The van der Waals surface area contributed by atoms with Gasteiger partial charge in [-0.05, 0) is 73.5 Å². The first-order valence-electron chi connectivity index (χ1n) is 12.9. The van der Waals surface area contributed by atoms with E-state index in [1.807, 2.05) is 33.9 Å². The summed E-state index contributed by atoms with van der Waals surface area (Å²) in [4.78, 5) is 43.1. The predicted molar refractivity (Wildman–Crippen MR) is 138 cm³/mol. The van der Waals surface area contributed by atoms with Crippen LogP contribution in [0.15, 0.2) is 29.1 Å². The molecule has 9 nitrogen and oxygen atoms in total. The van der Waals surface area contributed by atoms with Crippen molar-refractivity contribution in [2.45, 2.75) is 69.6 Å². The number of aliphatic hydroxyl groups is 1. The molecule has 0 bridgehead atoms. The largest absolute Gasteiger partial charge is 0.508 e. The quantitative estimate of drug-likeness (QED) is 0.395. The molecular formula is C28H36N4O5. The van der Waals surface area contributed by atoms with E-state index in [1.54, 1.807) is 18.2 Å². The molecule has 2 amide bonds. The number of hydrogen-bond donors (Lipinski definition) is 5. The van der Waals surface area contributed by atoms with Crippen molar-refractivity contribution in [1.29, 1.82) is 0 Å². The van der Waals surface area contributed by atoms with E-state index in [1.165, 1.54) is 0 Å². The minimum atomic E-state index is -1.16. The van der Waals surface area contributed by atoms with Crippen LogP contribution in [0.3, 0.4) is 0 Å². The molecule has 1 aromatic carbocycles. The molecule has 198 valence electrons. The maximum absolute atomic E-state index is 13.1. The Kier molecular flexibility index (Phi) is 5.99. The number of nitrogens with zero attached hydrogens (tertiary/aromatic N) is 1. The van der Waals surface area contributed by atoms with Gasteiger partial charge in [0, 0.05) is 36.5 Å². The van der Waals surface area contributed by atoms with E-state index in [9.17, 15) is 24.6 Å². The number of likely N-dealkylation sites (N-methyl/N-ethyl adjacent to an activating group) is 1. The predicted octanol–water partition coefficient (Wildman–Crippen LogP) is 1.12. The lowest BCUT2D eigenvalue weighted by atomic mass is 9.59. The van der Waals surface area contributed by atoms with Gasteiger partial charge in [0.15, 0.2) is 0 Å². The monoisotopic (exact) mass is 508 g/mol. The summed E-state index contributed by atoms with van der Waals surface area (Å²) in [6.07, 6.45) is 1.75. The number of pyridine rings is 1. The lowest BCUT2D eigenvalue weighted by molar-refractivity contribution is -0.120. The molecule has 2 aromatic rings. The van der Waals surface area contributed by atoms with Crippen LogP contribution in [0.25, 0.3) is 0 Å². The molecule has 1 aromatic heterocycles. The third-order valence-corrected chi connectivity index (χ3v) is 8.86. The second kappa shape index (κ2) is 8.70. The van der Waals surface area contributed by atoms with Crippen LogP contribution in [0.1, 0.15) is 59.4 Å². The molecule has 1 aliphatic heterocycles. The molecule has 0 spiro atoms. The zero-order valence-corrected chi connectivity index (χ0v) is 21.8. The fourth-order valence-corrected chi connectivity index (χ4v) is 7.35. The Morgan fingerprint density at radius 1 is 1.27 bits per heavy atom. The molecule has 5 atom stereocenters. The number of fused-ring (bicyclic) bond motifs is 4. The second-order valence-corrected chi connectivity index (χ2v) is 11.8. The number of H-pyrrole nitrogens is 1. The zero-order chi connectivity index (χ0) is 26.9. The minimum absolute atomic E-state index is 0.0723. The Morgan fingerprint density at radius 2 is 2.00 bits per heavy atom. The third-order valence-electron chi connectivity index (χ3n) is 8.86. The maximum atomic E-state index is 13.1. The number of phenolic OH excluding ortho intramolecular Hbond substituents is 1. The van der Waals surface area contributed by atoms with Gasteiger partial charge in [0.1, 0.15) is 17.4 Å². The van der Waals surface area contributed by atoms with Crippen LogP contribution in [0.5, 0.6) is 5.75 Å². The number of amides is 2. The Labute approximate surface area is 216 Å². The number of carbonyl (C=O) groups excluding carboxylic acids is 2. The van der Waals surface area contributed by atoms with Gasteiger partial charge in [-0.25, -0.2) is 0 Å². The molecule has 3 aliphatic rings. The summed E-state index contributed by atoms with van der Waals surface area (Å²) in [5, 5.41) is 25.4. The van der Waals surface area contributed by atoms with Crippen LogP contribution in [0, 0.1) is 18.8 Å². The van der Waals surface area contributed by atoms with Crippen molar-refractivity contribution >= 4 is 11.8 Å². The van der Waals surface area contributed by atoms with Gasteiger partial charge in [-0.15, -0.1) is 0 Å². The van der Waals surface area contributed by atoms with Gasteiger partial charge in [0.05, 0.1) is 5.60 Å². The van der Waals surface area contributed by atoms with E-state index in [0.29, 0.717) is 24.1 Å². The summed E-state index contributed by atoms with van der Waals surface area (Å²) in [6.45, 7) is 6.69. The van der Waals surface area contributed by atoms with Crippen LogP contribution in [-0.2, 0) is 23.1 Å². The topological polar surface area (TPSA) is 149 Å². The lowest BCUT2D eigenvalue weighted by Gasteiger charge is -2.53. The van der Waals surface area contributed by atoms with Crippen molar-refractivity contribution in [2.75, 3.05) is 13.6 Å². The summed E-state index contributed by atoms with van der Waals surface area (Å²) >= 11 is 0. The van der Waals surface area contributed by atoms with Gasteiger partial charge >= 0.3 is 0 Å². The van der Waals surface area contributed by atoms with E-state index >= 15 is 0 Å². The average molecular weight is 509 g/mol. The van der Waals surface area contributed by atoms with Gasteiger partial charge < -0.3 is 26.2 Å². The number of primary amides is 1. The Bertz CT molecular complexity index is 1340. The first kappa shape index (κ1) is 25.5. The Balaban J connectivity index is 1.57. The highest BCUT2D eigenvalue weighted by Crippen LogP contribution is 2.61. The van der Waals surface area contributed by atoms with E-state index in [2.05, 4.69) is 15.2 Å². The standard InChI is InChI=1S/C28H36N4O5/c1-14(2)7-21(24(29)34)30-25(35)19-8-16-11-28(37)23-17(13-32(23)4)10-27(28,12-22(16)31-26(19)36)20-9-18(33)6-5-15(20)3/h5-6,8-9,14,17,21,23,33,37H,7,10-13H2,1-4H3,(H2,29,34)(H,30,35)(H,31,36)/t17?,21-,23+,27+,28?/m0/s1. The molecule has 2 unspecified atom stereocenters. The van der Waals surface area contributed by atoms with Crippen molar-refractivity contribution in [2.24, 2.45) is 17.6 Å². The molecule has 6 N–H and O–H groups in total. The number of aryl methyl sites for hydroxylation is 1. The summed E-state index contributed by atoms with van der Waals surface area (Å²) in [6, 6.07) is 5.85. The fourth-order valence-electron chi connectivity index (χ4n) is 7.35. The third kappa shape index (κ3) is 3.87. The van der Waals surface area contributed by atoms with E-state index in [4.69, 9.17) is 5.73 Å². The molecule has 2 fully saturated rings. The SMILES string of the molecule is Cc1ccc(O)cc1[C@@]12Cc3[nH]c(=O)c(C(=O)N[C@@H](CC(C)C)C(N)=O)cc3CC1(O)[C@H]1C(CN1C)C2. The van der Waals surface area contributed by atoms with E-state index in [0.717, 1.165) is 24.1 Å². The van der Waals surface area contributed by atoms with Crippen LogP contribution in [-0.4, -0.2) is 63.2 Å². The number of nitrogens with one attached hydrogen (secondary N) is 2. The smallest absolute Gasteiger partial charge is 0.261 e. The number of hydrogen-bond acceptors (Lipinski definition) is 6. The number of rotatable bonds is 6. The van der Waals surface area contributed by atoms with Crippen molar-refractivity contribution in [1.82, 2.24) is 15.2 Å². The molecule has 2 aliphatic carbocycles. The maximum Gasteiger partial charge on any atom is 0.261 e. The number of aromatic amines is 1. The summed E-state index contributed by atoms with van der Waals surface area (Å²) < 4.78 is 0. The molecule has 5 rings (SSSR count). The highest BCUT2D eigenvalue weighted by Gasteiger charge is 2.70. The number of likely N-dealkylation sites (tertiary alicyclic amines) is 1. The highest BCUT2D eigenvalue weighted by atomic mass is 16.3. The summed E-state index contributed by atoms with van der Waals surface area (Å²) in [7, 11) is 2.00. The first-order chi connectivity index (χ1) is 17.4. The molecule has 1 saturated carbocycles. The molecule has 37 heavy (non-hydrogen) atoms. The van der Waals surface area contributed by atoms with Gasteiger partial charge in [0.25, 0.3) is 11.5 Å². The van der Waals surface area contributed by atoms with Crippen LogP contribution < -0.4 is 16.6 Å². The second-order valence-electron chi connectivity index (χ2n) is 11.8. The zero-order valence-electron chi connectivity index (χ0n) is 21.8. The van der Waals surface area contributed by atoms with E-state index in [-0.39, 0.29) is 35.6 Å². The van der Waals surface area contributed by atoms with Crippen LogP contribution >= 0.6 is 0 Å². The molecule has 9 heteroatoms. The van der Waals surface area contributed by atoms with Crippen molar-refractivity contribution < 1.29 is 19.8 Å². The van der Waals surface area contributed by atoms with Crippen LogP contribution in [0.4, 0.5) is 0 Å². The van der Waals surface area contributed by atoms with Gasteiger partial charge in [-0.3, -0.25) is 19.3 Å². The van der Waals surface area contributed by atoms with Gasteiger partial charge in [-0.1, -0.05) is 19.9 Å². The highest BCUT2D eigenvalue weighted by molar-refractivity contribution is 5.97. The van der Waals surface area contributed by atoms with Gasteiger partial charge in [-0.2, -0.15) is 0 Å². The normalized spacial score (nSPS) is 29.1. The molecule has 2 heterocycles. The Morgan fingerprint density at radius 3 is 2.65 bits per heavy atom. The van der Waals surface area contributed by atoms with Crippen molar-refractivity contribution in [3.05, 3.63) is 62.6 Å². The number of benzene rings is 1. The van der Waals surface area contributed by atoms with Crippen molar-refractivity contribution in [3.63, 3.8) is 0 Å². The molecular weight excluding hydrogens is 472 g/mol. The summed E-state index contributed by atoms with van der Waals surface area (Å²) in [5.74, 6) is -0.763. The minimum Gasteiger partial charge on any atom is -0.508 e. The first-order valence-corrected chi connectivity index (χ1v) is 12.9. The molecule has 1 saturated heterocycles. The Hall–Kier alpha value is -3.17. The number of carbonyl (C=O) groups is 2. The fraction of sp³-hybridized carbons (Fsp3) is 0.536. The van der Waals surface area contributed by atoms with Crippen molar-refractivity contribution in [3.8, 4) is 5.75 Å². The number of nitrogens with two attached hydrogens (primary N) is 1. The van der Waals surface area contributed by atoms with Crippen LogP contribution in [0.2, 0.25) is 0 Å². The average Bonchev–Trinajstić information content (AvgIpc) is 3.00. The van der Waals surface area contributed by atoms with Gasteiger partial charge in [0.2, 0.25) is 5.91 Å². The number of aromatic nitrogens is 1. The number of phenols is 1. The van der Waals surface area contributed by atoms with E-state index < -0.39 is 34.4 Å².